The number of hydrogen-bond acceptors (Lipinski definition) is 4. The topological polar surface area (TPSA) is 76.7 Å². The number of halogens is 1. The van der Waals surface area contributed by atoms with Crippen molar-refractivity contribution in [2.24, 2.45) is 0 Å². The Labute approximate surface area is 163 Å². The third kappa shape index (κ3) is 5.98. The van der Waals surface area contributed by atoms with Crippen molar-refractivity contribution in [3.8, 4) is 5.75 Å². The minimum atomic E-state index is -0.741. The number of nitrogens with one attached hydrogen (secondary N) is 2. The van der Waals surface area contributed by atoms with Gasteiger partial charge in [-0.1, -0.05) is 42.8 Å². The van der Waals surface area contributed by atoms with Crippen LogP contribution in [-0.4, -0.2) is 38.2 Å². The van der Waals surface area contributed by atoms with Crippen molar-refractivity contribution in [1.29, 1.82) is 0 Å². The minimum Gasteiger partial charge on any atom is -0.479 e. The van der Waals surface area contributed by atoms with Crippen LogP contribution in [0.15, 0.2) is 48.5 Å². The van der Waals surface area contributed by atoms with Crippen molar-refractivity contribution >= 4 is 29.1 Å². The molecule has 6 nitrogen and oxygen atoms in total. The van der Waals surface area contributed by atoms with Gasteiger partial charge in [0.15, 0.2) is 6.10 Å². The van der Waals surface area contributed by atoms with Crippen LogP contribution in [0.3, 0.4) is 0 Å². The van der Waals surface area contributed by atoms with Gasteiger partial charge in [-0.15, -0.1) is 0 Å². The average Bonchev–Trinajstić information content (AvgIpc) is 2.67. The van der Waals surface area contributed by atoms with Crippen LogP contribution >= 0.6 is 11.6 Å². The molecule has 0 radical (unpaired) electrons. The van der Waals surface area contributed by atoms with Crippen LogP contribution in [0.5, 0.6) is 5.75 Å². The van der Waals surface area contributed by atoms with Crippen molar-refractivity contribution in [2.45, 2.75) is 19.4 Å². The van der Waals surface area contributed by atoms with Crippen LogP contribution in [-0.2, 0) is 9.53 Å². The molecule has 0 aliphatic carbocycles. The second-order valence-electron chi connectivity index (χ2n) is 5.73. The standard InChI is InChI=1S/C20H23ClN2O4/c1-3-17(27-18-11-7-5-9-15(18)21)20(25)23-16-10-6-4-8-14(16)19(24)22-12-13-26-2/h4-11,17H,3,12-13H2,1-2H3,(H,22,24)(H,23,25)/t17-/m0/s1. The number of benzene rings is 2. The maximum absolute atomic E-state index is 12.7. The third-order valence-corrected chi connectivity index (χ3v) is 4.10. The molecule has 0 aromatic heterocycles. The SMILES string of the molecule is CC[C@H](Oc1ccccc1Cl)C(=O)Nc1ccccc1C(=O)NCCOC. The number of hydrogen-bond donors (Lipinski definition) is 2. The molecule has 2 aromatic carbocycles. The lowest BCUT2D eigenvalue weighted by atomic mass is 10.1. The predicted molar refractivity (Wildman–Crippen MR) is 105 cm³/mol. The molecule has 0 saturated heterocycles. The van der Waals surface area contributed by atoms with Crippen molar-refractivity contribution in [2.75, 3.05) is 25.6 Å². The highest BCUT2D eigenvalue weighted by Gasteiger charge is 2.21. The van der Waals surface area contributed by atoms with Gasteiger partial charge in [0.25, 0.3) is 11.8 Å². The van der Waals surface area contributed by atoms with Crippen molar-refractivity contribution in [3.63, 3.8) is 0 Å². The van der Waals surface area contributed by atoms with E-state index in [-0.39, 0.29) is 11.8 Å². The van der Waals surface area contributed by atoms with E-state index in [1.807, 2.05) is 6.92 Å². The van der Waals surface area contributed by atoms with Gasteiger partial charge in [-0.2, -0.15) is 0 Å². The van der Waals surface area contributed by atoms with Gasteiger partial charge in [0.05, 0.1) is 22.9 Å². The molecule has 0 bridgehead atoms. The summed E-state index contributed by atoms with van der Waals surface area (Å²) in [4.78, 5) is 25.0. The number of anilines is 1. The number of ether oxygens (including phenoxy) is 2. The molecule has 2 aromatic rings. The first kappa shape index (κ1) is 20.7. The molecule has 144 valence electrons. The van der Waals surface area contributed by atoms with Crippen LogP contribution in [0.25, 0.3) is 0 Å². The number of carbonyl (C=O) groups is 2. The van der Waals surface area contributed by atoms with E-state index >= 15 is 0 Å². The monoisotopic (exact) mass is 390 g/mol. The Morgan fingerprint density at radius 2 is 1.81 bits per heavy atom. The van der Waals surface area contributed by atoms with E-state index < -0.39 is 6.10 Å². The molecular weight excluding hydrogens is 368 g/mol. The van der Waals surface area contributed by atoms with Crippen LogP contribution in [0, 0.1) is 0 Å². The predicted octanol–water partition coefficient (Wildman–Crippen LogP) is 3.51. The Hall–Kier alpha value is -2.57. The van der Waals surface area contributed by atoms with Gasteiger partial charge in [-0.3, -0.25) is 9.59 Å². The Morgan fingerprint density at radius 1 is 1.11 bits per heavy atom. The molecule has 2 N–H and O–H groups in total. The van der Waals surface area contributed by atoms with Crippen molar-refractivity contribution in [1.82, 2.24) is 5.32 Å². The van der Waals surface area contributed by atoms with Gasteiger partial charge >= 0.3 is 0 Å². The van der Waals surface area contributed by atoms with Gasteiger partial charge in [0.1, 0.15) is 5.75 Å². The van der Waals surface area contributed by atoms with Crippen molar-refractivity contribution < 1.29 is 19.1 Å². The first-order chi connectivity index (χ1) is 13.1. The Bertz CT molecular complexity index is 782. The summed E-state index contributed by atoms with van der Waals surface area (Å²) in [5, 5.41) is 5.95. The normalized spacial score (nSPS) is 11.5. The first-order valence-corrected chi connectivity index (χ1v) is 9.02. The molecule has 27 heavy (non-hydrogen) atoms. The van der Waals surface area contributed by atoms with Crippen LogP contribution < -0.4 is 15.4 Å². The zero-order valence-corrected chi connectivity index (χ0v) is 16.1. The fourth-order valence-electron chi connectivity index (χ4n) is 2.38. The molecule has 0 saturated carbocycles. The van der Waals surface area contributed by atoms with Crippen LogP contribution in [0.1, 0.15) is 23.7 Å². The van der Waals surface area contributed by atoms with Gasteiger partial charge in [-0.25, -0.2) is 0 Å². The molecule has 2 amide bonds. The van der Waals surface area contributed by atoms with Gasteiger partial charge in [0.2, 0.25) is 0 Å². The summed E-state index contributed by atoms with van der Waals surface area (Å²) in [5.41, 5.74) is 0.785. The number of para-hydroxylation sites is 2. The van der Waals surface area contributed by atoms with Gasteiger partial charge in [0, 0.05) is 13.7 Å². The minimum absolute atomic E-state index is 0.289. The highest BCUT2D eigenvalue weighted by atomic mass is 35.5. The van der Waals surface area contributed by atoms with Crippen LogP contribution in [0.4, 0.5) is 5.69 Å². The molecule has 0 unspecified atom stereocenters. The Balaban J connectivity index is 2.09. The van der Waals surface area contributed by atoms with E-state index in [4.69, 9.17) is 21.1 Å². The summed E-state index contributed by atoms with van der Waals surface area (Å²) in [6, 6.07) is 13.8. The average molecular weight is 391 g/mol. The summed E-state index contributed by atoms with van der Waals surface area (Å²) >= 11 is 6.10. The lowest BCUT2D eigenvalue weighted by Gasteiger charge is -2.19. The molecular formula is C20H23ClN2O4. The summed E-state index contributed by atoms with van der Waals surface area (Å²) in [7, 11) is 1.56. The fraction of sp³-hybridized carbons (Fsp3) is 0.300. The van der Waals surface area contributed by atoms with Gasteiger partial charge in [-0.05, 0) is 30.7 Å². The van der Waals surface area contributed by atoms with E-state index in [9.17, 15) is 9.59 Å². The smallest absolute Gasteiger partial charge is 0.265 e. The maximum Gasteiger partial charge on any atom is 0.265 e. The lowest BCUT2D eigenvalue weighted by Crippen LogP contribution is -2.34. The fourth-order valence-corrected chi connectivity index (χ4v) is 2.56. The second kappa shape index (κ2) is 10.5. The highest BCUT2D eigenvalue weighted by Crippen LogP contribution is 2.25. The summed E-state index contributed by atoms with van der Waals surface area (Å²) in [6.45, 7) is 2.62. The Kier molecular flexibility index (Phi) is 8.10. The summed E-state index contributed by atoms with van der Waals surface area (Å²) in [6.07, 6.45) is -0.297. The highest BCUT2D eigenvalue weighted by molar-refractivity contribution is 6.32. The molecule has 0 aliphatic heterocycles. The first-order valence-electron chi connectivity index (χ1n) is 8.65. The molecule has 0 spiro atoms. The van der Waals surface area contributed by atoms with E-state index in [2.05, 4.69) is 10.6 Å². The quantitative estimate of drug-likeness (QED) is 0.642. The largest absolute Gasteiger partial charge is 0.479 e. The second-order valence-corrected chi connectivity index (χ2v) is 6.14. The number of amides is 2. The number of carbonyl (C=O) groups excluding carboxylic acids is 2. The molecule has 0 fully saturated rings. The van der Waals surface area contributed by atoms with E-state index in [1.54, 1.807) is 55.6 Å². The lowest BCUT2D eigenvalue weighted by molar-refractivity contribution is -0.122. The van der Waals surface area contributed by atoms with Gasteiger partial charge < -0.3 is 20.1 Å². The molecule has 7 heteroatoms. The van der Waals surface area contributed by atoms with Crippen molar-refractivity contribution in [3.05, 3.63) is 59.1 Å². The number of rotatable bonds is 9. The van der Waals surface area contributed by atoms with Crippen LogP contribution in [0.2, 0.25) is 5.02 Å². The number of methoxy groups -OCH3 is 1. The summed E-state index contributed by atoms with van der Waals surface area (Å²) in [5.74, 6) is -0.204. The molecule has 0 aliphatic rings. The third-order valence-electron chi connectivity index (χ3n) is 3.79. The molecule has 0 heterocycles. The summed E-state index contributed by atoms with van der Waals surface area (Å²) < 4.78 is 10.7. The maximum atomic E-state index is 12.7. The van der Waals surface area contributed by atoms with E-state index in [1.165, 1.54) is 0 Å². The Morgan fingerprint density at radius 3 is 2.52 bits per heavy atom. The molecule has 2 rings (SSSR count). The zero-order valence-electron chi connectivity index (χ0n) is 15.3. The zero-order chi connectivity index (χ0) is 19.6. The van der Waals surface area contributed by atoms with E-state index in [0.717, 1.165) is 0 Å². The van der Waals surface area contributed by atoms with E-state index in [0.29, 0.717) is 41.6 Å². The molecule has 1 atom stereocenters.